The third-order valence-electron chi connectivity index (χ3n) is 4.82. The van der Waals surface area contributed by atoms with Crippen molar-refractivity contribution >= 4 is 34.6 Å². The van der Waals surface area contributed by atoms with Gasteiger partial charge in [-0.25, -0.2) is 9.59 Å². The normalized spacial score (nSPS) is 13.0. The highest BCUT2D eigenvalue weighted by molar-refractivity contribution is 5.97. The molecule has 2 rings (SSSR count). The molecule has 4 amide bonds. The number of ether oxygens (including phenoxy) is 1. The summed E-state index contributed by atoms with van der Waals surface area (Å²) in [4.78, 5) is 48.6. The van der Waals surface area contributed by atoms with Gasteiger partial charge in [-0.3, -0.25) is 14.9 Å². The first-order valence-corrected chi connectivity index (χ1v) is 10.2. The Morgan fingerprint density at radius 2 is 1.58 bits per heavy atom. The van der Waals surface area contributed by atoms with E-state index >= 15 is 0 Å². The molecule has 0 unspecified atom stereocenters. The van der Waals surface area contributed by atoms with Gasteiger partial charge in [-0.05, 0) is 28.2 Å². The monoisotopic (exact) mass is 427 g/mol. The van der Waals surface area contributed by atoms with E-state index in [-0.39, 0.29) is 18.2 Å². The molecule has 0 saturated carbocycles. The highest BCUT2D eigenvalue weighted by Crippen LogP contribution is 2.19. The molecule has 0 aromatic heterocycles. The molecule has 8 nitrogen and oxygen atoms in total. The number of hydrogen-bond acceptors (Lipinski definition) is 5. The summed E-state index contributed by atoms with van der Waals surface area (Å²) in [6.07, 6.45) is -1.12. The molecule has 0 bridgehead atoms. The van der Waals surface area contributed by atoms with Crippen molar-refractivity contribution < 1.29 is 23.9 Å². The molecule has 2 atom stereocenters. The lowest BCUT2D eigenvalue weighted by molar-refractivity contribution is -0.162. The summed E-state index contributed by atoms with van der Waals surface area (Å²) in [5.41, 5.74) is 5.82. The van der Waals surface area contributed by atoms with Gasteiger partial charge >= 0.3 is 12.0 Å². The van der Waals surface area contributed by atoms with Crippen molar-refractivity contribution in [1.29, 1.82) is 0 Å². The molecule has 0 radical (unpaired) electrons. The third-order valence-corrected chi connectivity index (χ3v) is 4.82. The van der Waals surface area contributed by atoms with E-state index in [4.69, 9.17) is 10.5 Å². The van der Waals surface area contributed by atoms with Crippen LogP contribution in [0.5, 0.6) is 0 Å². The number of amides is 4. The van der Waals surface area contributed by atoms with Crippen molar-refractivity contribution in [1.82, 2.24) is 10.6 Å². The first-order valence-electron chi connectivity index (χ1n) is 10.2. The minimum Gasteiger partial charge on any atom is -0.450 e. The van der Waals surface area contributed by atoms with Gasteiger partial charge < -0.3 is 15.8 Å². The number of benzene rings is 2. The molecular formula is C23H29N3O5. The van der Waals surface area contributed by atoms with Crippen LogP contribution in [0.4, 0.5) is 4.79 Å². The van der Waals surface area contributed by atoms with Crippen molar-refractivity contribution in [3.8, 4) is 0 Å². The first-order chi connectivity index (χ1) is 14.6. The van der Waals surface area contributed by atoms with Crippen molar-refractivity contribution in [3.63, 3.8) is 0 Å². The van der Waals surface area contributed by atoms with Crippen LogP contribution in [-0.2, 0) is 25.5 Å². The first kappa shape index (κ1) is 23.9. The van der Waals surface area contributed by atoms with Gasteiger partial charge in [0, 0.05) is 0 Å². The van der Waals surface area contributed by atoms with Gasteiger partial charge in [0.25, 0.3) is 5.91 Å². The maximum Gasteiger partial charge on any atom is 0.329 e. The highest BCUT2D eigenvalue weighted by Gasteiger charge is 2.33. The second-order valence-electron chi connectivity index (χ2n) is 8.06. The van der Waals surface area contributed by atoms with Crippen LogP contribution >= 0.6 is 0 Å². The summed E-state index contributed by atoms with van der Waals surface area (Å²) >= 11 is 0. The van der Waals surface area contributed by atoms with Gasteiger partial charge in [0.2, 0.25) is 5.91 Å². The van der Waals surface area contributed by atoms with Crippen LogP contribution < -0.4 is 16.4 Å². The second-order valence-corrected chi connectivity index (χ2v) is 8.06. The minimum atomic E-state index is -1.21. The Labute approximate surface area is 181 Å². The third kappa shape index (κ3) is 6.53. The largest absolute Gasteiger partial charge is 0.450 e. The number of urea groups is 1. The number of nitrogens with two attached hydrogens (primary N) is 1. The summed E-state index contributed by atoms with van der Waals surface area (Å²) in [5.74, 6) is -2.58. The SMILES string of the molecule is CC(C)[C@H](NC(=O)Cc1cccc2ccccc12)C(=O)O[C@@H](C(=O)NC(N)=O)C(C)C. The van der Waals surface area contributed by atoms with Crippen LogP contribution in [0.2, 0.25) is 0 Å². The molecule has 166 valence electrons. The van der Waals surface area contributed by atoms with Gasteiger partial charge in [-0.1, -0.05) is 70.2 Å². The highest BCUT2D eigenvalue weighted by atomic mass is 16.6. The van der Waals surface area contributed by atoms with E-state index < -0.39 is 36.0 Å². The molecule has 2 aromatic carbocycles. The van der Waals surface area contributed by atoms with Gasteiger partial charge in [0.15, 0.2) is 6.10 Å². The maximum absolute atomic E-state index is 12.8. The lowest BCUT2D eigenvalue weighted by Gasteiger charge is -2.25. The molecule has 31 heavy (non-hydrogen) atoms. The molecule has 0 aliphatic rings. The number of carbonyl (C=O) groups is 4. The van der Waals surface area contributed by atoms with E-state index in [2.05, 4.69) is 5.32 Å². The summed E-state index contributed by atoms with van der Waals surface area (Å²) < 4.78 is 5.35. The Morgan fingerprint density at radius 1 is 0.935 bits per heavy atom. The molecule has 2 aromatic rings. The Hall–Kier alpha value is -3.42. The molecule has 0 heterocycles. The standard InChI is InChI=1S/C23H29N3O5/c1-13(2)19(22(29)31-20(14(3)4)21(28)26-23(24)30)25-18(27)12-16-10-7-9-15-8-5-6-11-17(15)16/h5-11,13-14,19-20H,12H2,1-4H3,(H,25,27)(H3,24,26,28,30)/t19-,20+/m0/s1. The van der Waals surface area contributed by atoms with Crippen molar-refractivity contribution in [3.05, 3.63) is 48.0 Å². The zero-order chi connectivity index (χ0) is 23.1. The second kappa shape index (κ2) is 10.6. The van der Waals surface area contributed by atoms with Gasteiger partial charge in [0.1, 0.15) is 6.04 Å². The Morgan fingerprint density at radius 3 is 2.19 bits per heavy atom. The molecule has 8 heteroatoms. The van der Waals surface area contributed by atoms with E-state index in [1.54, 1.807) is 27.7 Å². The molecule has 0 fully saturated rings. The number of imide groups is 1. The lowest BCUT2D eigenvalue weighted by Crippen LogP contribution is -2.50. The average molecular weight is 428 g/mol. The molecule has 0 spiro atoms. The fraction of sp³-hybridized carbons (Fsp3) is 0.391. The van der Waals surface area contributed by atoms with E-state index in [9.17, 15) is 19.2 Å². The zero-order valence-electron chi connectivity index (χ0n) is 18.2. The minimum absolute atomic E-state index is 0.0909. The Bertz CT molecular complexity index is 965. The van der Waals surface area contributed by atoms with Crippen LogP contribution in [-0.4, -0.2) is 36.0 Å². The van der Waals surface area contributed by atoms with Crippen LogP contribution in [0, 0.1) is 11.8 Å². The number of nitrogens with one attached hydrogen (secondary N) is 2. The van der Waals surface area contributed by atoms with Crippen molar-refractivity contribution in [2.45, 2.75) is 46.3 Å². The Kier molecular flexibility index (Phi) is 8.13. The molecule has 0 saturated heterocycles. The number of carbonyl (C=O) groups excluding carboxylic acids is 4. The number of rotatable bonds is 8. The van der Waals surface area contributed by atoms with Crippen molar-refractivity contribution in [2.24, 2.45) is 17.6 Å². The summed E-state index contributed by atoms with van der Waals surface area (Å²) in [6, 6.07) is 11.5. The average Bonchev–Trinajstić information content (AvgIpc) is 2.69. The number of esters is 1. The smallest absolute Gasteiger partial charge is 0.329 e. The molecular weight excluding hydrogens is 398 g/mol. The van der Waals surface area contributed by atoms with Crippen LogP contribution in [0.3, 0.4) is 0 Å². The van der Waals surface area contributed by atoms with Gasteiger partial charge in [-0.2, -0.15) is 0 Å². The zero-order valence-corrected chi connectivity index (χ0v) is 18.2. The summed E-state index contributed by atoms with van der Waals surface area (Å²) in [5, 5.41) is 6.63. The molecule has 0 aliphatic heterocycles. The fourth-order valence-corrected chi connectivity index (χ4v) is 3.23. The summed E-state index contributed by atoms with van der Waals surface area (Å²) in [6.45, 7) is 6.86. The summed E-state index contributed by atoms with van der Waals surface area (Å²) in [7, 11) is 0. The van der Waals surface area contributed by atoms with Gasteiger partial charge in [0.05, 0.1) is 6.42 Å². The predicted molar refractivity (Wildman–Crippen MR) is 117 cm³/mol. The maximum atomic E-state index is 12.8. The lowest BCUT2D eigenvalue weighted by atomic mass is 10.0. The van der Waals surface area contributed by atoms with Crippen LogP contribution in [0.25, 0.3) is 10.8 Å². The van der Waals surface area contributed by atoms with E-state index in [0.717, 1.165) is 16.3 Å². The van der Waals surface area contributed by atoms with E-state index in [0.29, 0.717) is 0 Å². The number of primary amides is 1. The Balaban J connectivity index is 2.12. The quantitative estimate of drug-likeness (QED) is 0.557. The van der Waals surface area contributed by atoms with E-state index in [1.165, 1.54) is 0 Å². The fourth-order valence-electron chi connectivity index (χ4n) is 3.23. The topological polar surface area (TPSA) is 128 Å². The molecule has 4 N–H and O–H groups in total. The van der Waals surface area contributed by atoms with Gasteiger partial charge in [-0.15, -0.1) is 0 Å². The van der Waals surface area contributed by atoms with Crippen LogP contribution in [0.15, 0.2) is 42.5 Å². The molecule has 0 aliphatic carbocycles. The number of fused-ring (bicyclic) bond motifs is 1. The number of hydrogen-bond donors (Lipinski definition) is 3. The van der Waals surface area contributed by atoms with E-state index in [1.807, 2.05) is 47.8 Å². The van der Waals surface area contributed by atoms with Crippen molar-refractivity contribution in [2.75, 3.05) is 0 Å². The predicted octanol–water partition coefficient (Wildman–Crippen LogP) is 2.29. The van der Waals surface area contributed by atoms with Crippen LogP contribution in [0.1, 0.15) is 33.3 Å².